The van der Waals surface area contributed by atoms with Gasteiger partial charge < -0.3 is 20.3 Å². The second-order valence-corrected chi connectivity index (χ2v) is 6.26. The number of rotatable bonds is 7. The highest BCUT2D eigenvalue weighted by molar-refractivity contribution is 5.80. The molecule has 2 rings (SSSR count). The Morgan fingerprint density at radius 1 is 1.25 bits per heavy atom. The van der Waals surface area contributed by atoms with Crippen LogP contribution in [0.15, 0.2) is 41.4 Å². The van der Waals surface area contributed by atoms with Crippen molar-refractivity contribution in [3.05, 3.63) is 42.0 Å². The van der Waals surface area contributed by atoms with Crippen LogP contribution in [0.2, 0.25) is 0 Å². The zero-order valence-electron chi connectivity index (χ0n) is 15.2. The molecule has 0 amide bonds. The van der Waals surface area contributed by atoms with E-state index >= 15 is 0 Å². The number of aliphatic imine (C=N–C) groups is 1. The summed E-state index contributed by atoms with van der Waals surface area (Å²) in [5, 5.41) is 6.86. The highest BCUT2D eigenvalue weighted by atomic mass is 16.5. The Balaban J connectivity index is 2.05. The molecule has 1 aliphatic carbocycles. The molecule has 0 radical (unpaired) electrons. The van der Waals surface area contributed by atoms with Crippen LogP contribution in [0.5, 0.6) is 5.75 Å². The van der Waals surface area contributed by atoms with Gasteiger partial charge in [0.2, 0.25) is 0 Å². The van der Waals surface area contributed by atoms with Crippen LogP contribution in [0.4, 0.5) is 0 Å². The smallest absolute Gasteiger partial charge is 0.191 e. The summed E-state index contributed by atoms with van der Waals surface area (Å²) >= 11 is 0. The number of hydrogen-bond donors (Lipinski definition) is 2. The number of benzene rings is 1. The highest BCUT2D eigenvalue weighted by Gasteiger charge is 2.16. The van der Waals surface area contributed by atoms with Gasteiger partial charge in [0.15, 0.2) is 5.96 Å². The van der Waals surface area contributed by atoms with Crippen LogP contribution in [0.1, 0.15) is 31.4 Å². The zero-order chi connectivity index (χ0) is 17.4. The van der Waals surface area contributed by atoms with Crippen LogP contribution >= 0.6 is 0 Å². The van der Waals surface area contributed by atoms with Crippen LogP contribution in [0, 0.1) is 0 Å². The molecular weight excluding hydrogens is 300 g/mol. The summed E-state index contributed by atoms with van der Waals surface area (Å²) < 4.78 is 5.25. The lowest BCUT2D eigenvalue weighted by Gasteiger charge is -2.24. The highest BCUT2D eigenvalue weighted by Crippen LogP contribution is 2.21. The molecule has 0 bridgehead atoms. The summed E-state index contributed by atoms with van der Waals surface area (Å²) in [6, 6.07) is 8.92. The number of nitrogens with zero attached hydrogens (tertiary/aromatic N) is 2. The predicted octanol–water partition coefficient (Wildman–Crippen LogP) is 2.57. The van der Waals surface area contributed by atoms with Crippen molar-refractivity contribution >= 4 is 5.96 Å². The van der Waals surface area contributed by atoms with Gasteiger partial charge in [0.05, 0.1) is 19.7 Å². The van der Waals surface area contributed by atoms with E-state index < -0.39 is 0 Å². The van der Waals surface area contributed by atoms with Crippen molar-refractivity contribution in [2.24, 2.45) is 4.99 Å². The zero-order valence-corrected chi connectivity index (χ0v) is 15.2. The molecule has 0 aliphatic heterocycles. The van der Waals surface area contributed by atoms with E-state index in [4.69, 9.17) is 9.73 Å². The Hall–Kier alpha value is -2.01. The van der Waals surface area contributed by atoms with E-state index in [1.165, 1.54) is 5.56 Å². The third kappa shape index (κ3) is 5.27. The number of methoxy groups -OCH3 is 1. The Morgan fingerprint density at radius 3 is 2.46 bits per heavy atom. The molecular formula is C19H30N4O. The minimum Gasteiger partial charge on any atom is -0.497 e. The molecule has 132 valence electrons. The van der Waals surface area contributed by atoms with Gasteiger partial charge in [-0.15, -0.1) is 0 Å². The predicted molar refractivity (Wildman–Crippen MR) is 101 cm³/mol. The molecule has 1 aromatic carbocycles. The van der Waals surface area contributed by atoms with Crippen molar-refractivity contribution in [1.29, 1.82) is 0 Å². The molecule has 1 unspecified atom stereocenters. The maximum Gasteiger partial charge on any atom is 0.191 e. The van der Waals surface area contributed by atoms with Gasteiger partial charge in [0.25, 0.3) is 0 Å². The summed E-state index contributed by atoms with van der Waals surface area (Å²) in [6.45, 7) is 3.66. The Morgan fingerprint density at radius 2 is 1.92 bits per heavy atom. The average molecular weight is 330 g/mol. The summed E-state index contributed by atoms with van der Waals surface area (Å²) in [4.78, 5) is 7.01. The fourth-order valence-corrected chi connectivity index (χ4v) is 2.82. The molecule has 0 saturated carbocycles. The molecule has 0 saturated heterocycles. The third-order valence-corrected chi connectivity index (χ3v) is 4.24. The molecule has 2 N–H and O–H groups in total. The van der Waals surface area contributed by atoms with Gasteiger partial charge >= 0.3 is 0 Å². The summed E-state index contributed by atoms with van der Waals surface area (Å²) in [6.07, 6.45) is 6.59. The second kappa shape index (κ2) is 9.33. The summed E-state index contributed by atoms with van der Waals surface area (Å²) in [5.74, 6) is 1.77. The van der Waals surface area contributed by atoms with Crippen molar-refractivity contribution in [3.63, 3.8) is 0 Å². The van der Waals surface area contributed by atoms with Crippen molar-refractivity contribution in [2.45, 2.75) is 31.8 Å². The van der Waals surface area contributed by atoms with Crippen LogP contribution < -0.4 is 15.4 Å². The Bertz CT molecular complexity index is 543. The number of ether oxygens (including phenoxy) is 1. The van der Waals surface area contributed by atoms with Crippen LogP contribution in [0.25, 0.3) is 0 Å². The van der Waals surface area contributed by atoms with Crippen molar-refractivity contribution < 1.29 is 4.74 Å². The van der Waals surface area contributed by atoms with Crippen molar-refractivity contribution in [3.8, 4) is 5.75 Å². The van der Waals surface area contributed by atoms with E-state index in [9.17, 15) is 0 Å². The normalized spacial score (nSPS) is 16.5. The standard InChI is InChI=1S/C19H30N4O/c1-5-20-19(22-16-8-6-7-9-16)21-14-18(23(2)3)15-10-12-17(24-4)13-11-15/h6-7,10-13,16,18H,5,8-9,14H2,1-4H3,(H2,20,21,22). The van der Waals surface area contributed by atoms with E-state index in [1.54, 1.807) is 7.11 Å². The third-order valence-electron chi connectivity index (χ3n) is 4.24. The number of guanidine groups is 1. The van der Waals surface area contributed by atoms with Crippen LogP contribution in [-0.4, -0.2) is 51.2 Å². The quantitative estimate of drug-likeness (QED) is 0.458. The molecule has 1 atom stereocenters. The van der Waals surface area contributed by atoms with Crippen LogP contribution in [0.3, 0.4) is 0 Å². The first-order valence-corrected chi connectivity index (χ1v) is 8.64. The maximum atomic E-state index is 5.25. The minimum atomic E-state index is 0.230. The van der Waals surface area contributed by atoms with Gasteiger partial charge in [-0.05, 0) is 51.6 Å². The summed E-state index contributed by atoms with van der Waals surface area (Å²) in [5.41, 5.74) is 1.24. The van der Waals surface area contributed by atoms with Crippen molar-refractivity contribution in [1.82, 2.24) is 15.5 Å². The molecule has 5 heteroatoms. The van der Waals surface area contributed by atoms with Gasteiger partial charge in [0.1, 0.15) is 5.75 Å². The Labute approximate surface area is 145 Å². The number of nitrogens with one attached hydrogen (secondary N) is 2. The fraction of sp³-hybridized carbons (Fsp3) is 0.526. The Kier molecular flexibility index (Phi) is 7.12. The minimum absolute atomic E-state index is 0.230. The van der Waals surface area contributed by atoms with E-state index in [-0.39, 0.29) is 6.04 Å². The monoisotopic (exact) mass is 330 g/mol. The lowest BCUT2D eigenvalue weighted by molar-refractivity contribution is 0.306. The molecule has 1 aliphatic rings. The van der Waals surface area contributed by atoms with E-state index in [1.807, 2.05) is 12.1 Å². The van der Waals surface area contributed by atoms with E-state index in [0.29, 0.717) is 12.6 Å². The largest absolute Gasteiger partial charge is 0.497 e. The number of likely N-dealkylation sites (N-methyl/N-ethyl adjacent to an activating group) is 1. The van der Waals surface area contributed by atoms with Gasteiger partial charge in [-0.3, -0.25) is 4.99 Å². The molecule has 0 fully saturated rings. The summed E-state index contributed by atoms with van der Waals surface area (Å²) in [7, 11) is 5.87. The molecule has 5 nitrogen and oxygen atoms in total. The van der Waals surface area contributed by atoms with Gasteiger partial charge in [-0.1, -0.05) is 24.3 Å². The molecule has 0 spiro atoms. The average Bonchev–Trinajstić information content (AvgIpc) is 3.08. The fourth-order valence-electron chi connectivity index (χ4n) is 2.82. The first-order valence-electron chi connectivity index (χ1n) is 8.64. The first-order chi connectivity index (χ1) is 11.6. The second-order valence-electron chi connectivity index (χ2n) is 6.26. The lowest BCUT2D eigenvalue weighted by Crippen LogP contribution is -2.43. The maximum absolute atomic E-state index is 5.25. The van der Waals surface area contributed by atoms with E-state index in [2.05, 4.69) is 60.8 Å². The van der Waals surface area contributed by atoms with Gasteiger partial charge in [0, 0.05) is 12.6 Å². The molecule has 0 heterocycles. The van der Waals surface area contributed by atoms with Crippen molar-refractivity contribution in [2.75, 3.05) is 34.3 Å². The lowest BCUT2D eigenvalue weighted by atomic mass is 10.1. The van der Waals surface area contributed by atoms with E-state index in [0.717, 1.165) is 31.1 Å². The molecule has 1 aromatic rings. The SMILES string of the molecule is CCNC(=NCC(c1ccc(OC)cc1)N(C)C)NC1CC=CC1. The molecule has 0 aromatic heterocycles. The van der Waals surface area contributed by atoms with Gasteiger partial charge in [-0.25, -0.2) is 0 Å². The first kappa shape index (κ1) is 18.3. The molecule has 24 heavy (non-hydrogen) atoms. The topological polar surface area (TPSA) is 48.9 Å². The number of hydrogen-bond acceptors (Lipinski definition) is 3. The van der Waals surface area contributed by atoms with Gasteiger partial charge in [-0.2, -0.15) is 0 Å². The van der Waals surface area contributed by atoms with Crippen LogP contribution in [-0.2, 0) is 0 Å².